The van der Waals surface area contributed by atoms with Crippen LogP contribution in [0.5, 0.6) is 11.5 Å². The molecule has 0 unspecified atom stereocenters. The molecule has 244 valence electrons. The van der Waals surface area contributed by atoms with Crippen LogP contribution in [0.25, 0.3) is 0 Å². The fourth-order valence-corrected chi connectivity index (χ4v) is 6.20. The number of hydrogen-bond donors (Lipinski definition) is 1. The molecule has 3 rings (SSSR count). The summed E-state index contributed by atoms with van der Waals surface area (Å²) in [6.07, 6.45) is 0.137. The number of amides is 2. The first-order chi connectivity index (χ1) is 20.6. The lowest BCUT2D eigenvalue weighted by Crippen LogP contribution is -2.47. The number of benzene rings is 2. The van der Waals surface area contributed by atoms with Gasteiger partial charge in [0, 0.05) is 63.3 Å². The Hall–Kier alpha value is -3.35. The summed E-state index contributed by atoms with van der Waals surface area (Å²) in [5.74, 6) is 0.292. The van der Waals surface area contributed by atoms with Crippen molar-refractivity contribution in [1.29, 1.82) is 0 Å². The van der Waals surface area contributed by atoms with Crippen LogP contribution in [-0.4, -0.2) is 95.0 Å². The number of carbonyl (C=O) groups excluding carboxylic acids is 2. The number of hydrogen-bond acceptors (Lipinski definition) is 8. The van der Waals surface area contributed by atoms with Crippen LogP contribution in [0.2, 0.25) is 0 Å². The van der Waals surface area contributed by atoms with Crippen molar-refractivity contribution < 1.29 is 37.0 Å². The maximum absolute atomic E-state index is 13.9. The Morgan fingerprint density at radius 2 is 1.70 bits per heavy atom. The van der Waals surface area contributed by atoms with Crippen molar-refractivity contribution in [2.24, 2.45) is 5.92 Å². The van der Waals surface area contributed by atoms with Crippen LogP contribution in [-0.2, 0) is 19.5 Å². The average molecular weight is 634 g/mol. The molecule has 0 bridgehead atoms. The predicted octanol–water partition coefficient (Wildman–Crippen LogP) is 4.48. The van der Waals surface area contributed by atoms with E-state index in [0.29, 0.717) is 36.7 Å². The van der Waals surface area contributed by atoms with Gasteiger partial charge in [0.2, 0.25) is 10.0 Å². The number of carbonyl (C=O) groups is 2. The minimum Gasteiger partial charge on any atom is -0.493 e. The van der Waals surface area contributed by atoms with Crippen molar-refractivity contribution >= 4 is 22.0 Å². The van der Waals surface area contributed by atoms with Crippen molar-refractivity contribution in [3.8, 4) is 11.5 Å². The van der Waals surface area contributed by atoms with E-state index >= 15 is 0 Å². The first-order valence-electron chi connectivity index (χ1n) is 14.8. The number of rotatable bonds is 13. The molecule has 2 amide bonds. The summed E-state index contributed by atoms with van der Waals surface area (Å²) in [5, 5.41) is 0. The molecule has 2 aromatic rings. The van der Waals surface area contributed by atoms with E-state index in [1.165, 1.54) is 12.0 Å². The van der Waals surface area contributed by atoms with E-state index in [-0.39, 0.29) is 36.5 Å². The molecule has 1 heterocycles. The maximum atomic E-state index is 13.9. The molecular weight excluding hydrogens is 586 g/mol. The van der Waals surface area contributed by atoms with E-state index in [1.54, 1.807) is 75.2 Å². The number of methoxy groups -OCH3 is 2. The van der Waals surface area contributed by atoms with Gasteiger partial charge in [-0.1, -0.05) is 17.7 Å². The number of nitrogens with one attached hydrogen (secondary N) is 1. The molecule has 44 heavy (non-hydrogen) atoms. The summed E-state index contributed by atoms with van der Waals surface area (Å²) in [7, 11) is -0.748. The van der Waals surface area contributed by atoms with Gasteiger partial charge in [-0.15, -0.1) is 0 Å². The van der Waals surface area contributed by atoms with Gasteiger partial charge in [0.1, 0.15) is 5.60 Å². The Kier molecular flexibility index (Phi) is 12.0. The van der Waals surface area contributed by atoms with Crippen molar-refractivity contribution in [1.82, 2.24) is 14.5 Å². The fraction of sp³-hybridized carbons (Fsp3) is 0.562. The molecular formula is C32H47N3O8S. The van der Waals surface area contributed by atoms with Gasteiger partial charge < -0.3 is 28.7 Å². The lowest BCUT2D eigenvalue weighted by molar-refractivity contribution is 0.0283. The molecule has 12 heteroatoms. The topological polar surface area (TPSA) is 124 Å². The van der Waals surface area contributed by atoms with E-state index in [0.717, 1.165) is 5.56 Å². The average Bonchev–Trinajstić information content (AvgIpc) is 3.34. The van der Waals surface area contributed by atoms with Crippen molar-refractivity contribution in [3.05, 3.63) is 53.6 Å². The Balaban J connectivity index is 1.88. The molecule has 11 nitrogen and oxygen atoms in total. The summed E-state index contributed by atoms with van der Waals surface area (Å²) in [4.78, 5) is 30.3. The number of ether oxygens (including phenoxy) is 4. The lowest BCUT2D eigenvalue weighted by Gasteiger charge is -2.31. The normalized spacial score (nSPS) is 17.1. The largest absolute Gasteiger partial charge is 0.493 e. The molecule has 0 radical (unpaired) electrons. The second-order valence-electron chi connectivity index (χ2n) is 12.3. The number of likely N-dealkylation sites (tertiary alicyclic amines) is 1. The van der Waals surface area contributed by atoms with E-state index in [1.807, 2.05) is 20.8 Å². The quantitative estimate of drug-likeness (QED) is 0.320. The van der Waals surface area contributed by atoms with Gasteiger partial charge in [-0.25, -0.2) is 17.9 Å². The monoisotopic (exact) mass is 633 g/mol. The summed E-state index contributed by atoms with van der Waals surface area (Å²) in [6, 6.07) is 10.7. The number of nitrogens with zero attached hydrogens (tertiary/aromatic N) is 2. The van der Waals surface area contributed by atoms with Crippen LogP contribution in [0.15, 0.2) is 47.4 Å². The van der Waals surface area contributed by atoms with Crippen molar-refractivity contribution in [2.75, 3.05) is 47.1 Å². The Morgan fingerprint density at radius 3 is 2.30 bits per heavy atom. The van der Waals surface area contributed by atoms with Crippen LogP contribution in [0.1, 0.15) is 57.0 Å². The van der Waals surface area contributed by atoms with Crippen molar-refractivity contribution in [2.45, 2.75) is 70.5 Å². The molecule has 1 aliphatic heterocycles. The Labute approximate surface area is 261 Å². The Bertz CT molecular complexity index is 1370. The van der Waals surface area contributed by atoms with Gasteiger partial charge in [-0.2, -0.15) is 0 Å². The minimum absolute atomic E-state index is 0.104. The first-order valence-corrected chi connectivity index (χ1v) is 16.3. The zero-order valence-electron chi connectivity index (χ0n) is 27.1. The van der Waals surface area contributed by atoms with E-state index in [9.17, 15) is 18.0 Å². The smallest absolute Gasteiger partial charge is 0.410 e. The number of aryl methyl sites for hydroxylation is 1. The summed E-state index contributed by atoms with van der Waals surface area (Å²) >= 11 is 0. The maximum Gasteiger partial charge on any atom is 0.410 e. The van der Waals surface area contributed by atoms with Crippen LogP contribution in [0, 0.1) is 12.8 Å². The molecule has 2 atom stereocenters. The highest BCUT2D eigenvalue weighted by atomic mass is 32.2. The van der Waals surface area contributed by atoms with Gasteiger partial charge in [-0.05, 0) is 71.9 Å². The summed E-state index contributed by atoms with van der Waals surface area (Å²) in [5.41, 5.74) is 0.621. The summed E-state index contributed by atoms with van der Waals surface area (Å²) in [6.45, 7) is 12.5. The minimum atomic E-state index is -3.90. The lowest BCUT2D eigenvalue weighted by atomic mass is 10.0. The SMILES string of the molecule is COCCCOc1cc(C(=O)N(C[C@H]2CN(C(=O)OC(C)(C)C)C[C@@H]2NS(=O)(=O)c2ccc(C)cc2)C(C)C)ccc1OC. The molecule has 1 N–H and O–H groups in total. The van der Waals surface area contributed by atoms with E-state index < -0.39 is 33.7 Å². The zero-order valence-corrected chi connectivity index (χ0v) is 27.9. The van der Waals surface area contributed by atoms with Gasteiger partial charge in [0.25, 0.3) is 5.91 Å². The third kappa shape index (κ3) is 9.57. The van der Waals surface area contributed by atoms with Crippen LogP contribution in [0.4, 0.5) is 4.79 Å². The molecule has 0 aliphatic carbocycles. The molecule has 0 saturated carbocycles. The van der Waals surface area contributed by atoms with Gasteiger partial charge in [0.05, 0.1) is 18.6 Å². The highest BCUT2D eigenvalue weighted by Crippen LogP contribution is 2.30. The molecule has 1 fully saturated rings. The highest BCUT2D eigenvalue weighted by Gasteiger charge is 2.41. The molecule has 1 saturated heterocycles. The van der Waals surface area contributed by atoms with Gasteiger partial charge in [-0.3, -0.25) is 4.79 Å². The predicted molar refractivity (Wildman–Crippen MR) is 168 cm³/mol. The fourth-order valence-electron chi connectivity index (χ4n) is 4.90. The summed E-state index contributed by atoms with van der Waals surface area (Å²) < 4.78 is 51.6. The van der Waals surface area contributed by atoms with Crippen LogP contribution < -0.4 is 14.2 Å². The van der Waals surface area contributed by atoms with Gasteiger partial charge in [0.15, 0.2) is 11.5 Å². The second-order valence-corrected chi connectivity index (χ2v) is 14.0. The molecule has 0 spiro atoms. The zero-order chi connectivity index (χ0) is 32.7. The third-order valence-electron chi connectivity index (χ3n) is 7.21. The van der Waals surface area contributed by atoms with Crippen LogP contribution in [0.3, 0.4) is 0 Å². The molecule has 2 aromatic carbocycles. The van der Waals surface area contributed by atoms with Crippen LogP contribution >= 0.6 is 0 Å². The Morgan fingerprint density at radius 1 is 1.02 bits per heavy atom. The van der Waals surface area contributed by atoms with E-state index in [4.69, 9.17) is 18.9 Å². The highest BCUT2D eigenvalue weighted by molar-refractivity contribution is 7.89. The number of sulfonamides is 1. The molecule has 0 aromatic heterocycles. The van der Waals surface area contributed by atoms with E-state index in [2.05, 4.69) is 4.72 Å². The standard InChI is InChI=1S/C32H47N3O8S/c1-22(2)35(30(36)24-12-15-28(41-8)29(18-24)42-17-9-16-40-7)20-25-19-34(31(37)43-32(4,5)6)21-27(25)33-44(38,39)26-13-10-23(3)11-14-26/h10-15,18,22,25,27,33H,9,16-17,19-21H2,1-8H3/t25-,27+/m1/s1. The van der Waals surface area contributed by atoms with Gasteiger partial charge >= 0.3 is 6.09 Å². The first kappa shape index (κ1) is 35.1. The van der Waals surface area contributed by atoms with Crippen molar-refractivity contribution in [3.63, 3.8) is 0 Å². The second kappa shape index (κ2) is 15.1. The molecule has 1 aliphatic rings. The third-order valence-corrected chi connectivity index (χ3v) is 8.71.